The second-order valence-electron chi connectivity index (χ2n) is 5.60. The minimum absolute atomic E-state index is 0.0451. The maximum absolute atomic E-state index is 9.88. The molecule has 1 N–H and O–H groups in total. The molecule has 0 aliphatic heterocycles. The Labute approximate surface area is 74.2 Å². The average molecular weight is 166 g/mol. The van der Waals surface area contributed by atoms with Gasteiger partial charge in [-0.25, -0.2) is 0 Å². The summed E-state index contributed by atoms with van der Waals surface area (Å²) in [5.41, 5.74) is 0.507. The zero-order valence-electron chi connectivity index (χ0n) is 7.96. The van der Waals surface area contributed by atoms with Crippen molar-refractivity contribution in [2.45, 2.75) is 39.2 Å². The predicted molar refractivity (Wildman–Crippen MR) is 47.6 cm³/mol. The largest absolute Gasteiger partial charge is 0.393 e. The van der Waals surface area contributed by atoms with E-state index in [-0.39, 0.29) is 6.10 Å². The summed E-state index contributed by atoms with van der Waals surface area (Å²) >= 11 is 0. The van der Waals surface area contributed by atoms with Gasteiger partial charge in [0.05, 0.1) is 6.10 Å². The van der Waals surface area contributed by atoms with Crippen LogP contribution in [-0.2, 0) is 0 Å². The van der Waals surface area contributed by atoms with Gasteiger partial charge in [0.1, 0.15) is 0 Å². The van der Waals surface area contributed by atoms with E-state index in [0.717, 1.165) is 24.2 Å². The van der Waals surface area contributed by atoms with Crippen LogP contribution in [0.3, 0.4) is 0 Å². The van der Waals surface area contributed by atoms with Gasteiger partial charge < -0.3 is 5.11 Å². The van der Waals surface area contributed by atoms with E-state index >= 15 is 0 Å². The Morgan fingerprint density at radius 2 is 2.08 bits per heavy atom. The van der Waals surface area contributed by atoms with Gasteiger partial charge in [0.25, 0.3) is 0 Å². The Morgan fingerprint density at radius 1 is 1.33 bits per heavy atom. The highest BCUT2D eigenvalue weighted by molar-refractivity contribution is 5.13. The smallest absolute Gasteiger partial charge is 0.0579 e. The third kappa shape index (κ3) is 0.585. The minimum atomic E-state index is 0.0451. The van der Waals surface area contributed by atoms with Crippen molar-refractivity contribution < 1.29 is 5.11 Å². The monoisotopic (exact) mass is 166 g/mol. The first-order chi connectivity index (χ1) is 5.63. The quantitative estimate of drug-likeness (QED) is 0.584. The lowest BCUT2D eigenvalue weighted by Crippen LogP contribution is -2.35. The molecule has 1 nitrogen and oxygen atoms in total. The Morgan fingerprint density at radius 3 is 2.67 bits per heavy atom. The molecule has 3 saturated carbocycles. The van der Waals surface area contributed by atoms with Crippen molar-refractivity contribution >= 4 is 0 Å². The molecule has 0 heterocycles. The zero-order valence-corrected chi connectivity index (χ0v) is 7.96. The second-order valence-corrected chi connectivity index (χ2v) is 5.60. The predicted octanol–water partition coefficient (Wildman–Crippen LogP) is 2.05. The molecule has 0 aromatic heterocycles. The molecule has 0 spiro atoms. The van der Waals surface area contributed by atoms with E-state index < -0.39 is 0 Å². The van der Waals surface area contributed by atoms with E-state index in [4.69, 9.17) is 0 Å². The summed E-state index contributed by atoms with van der Waals surface area (Å²) in [4.78, 5) is 0. The molecule has 3 aliphatic carbocycles. The van der Waals surface area contributed by atoms with Gasteiger partial charge >= 0.3 is 0 Å². The van der Waals surface area contributed by atoms with Gasteiger partial charge in [0, 0.05) is 0 Å². The molecule has 6 atom stereocenters. The molecule has 3 aliphatic rings. The van der Waals surface area contributed by atoms with E-state index in [9.17, 15) is 5.11 Å². The highest BCUT2D eigenvalue weighted by atomic mass is 16.3. The molecule has 0 amide bonds. The summed E-state index contributed by atoms with van der Waals surface area (Å²) in [5.74, 6) is 3.29. The first-order valence-corrected chi connectivity index (χ1v) is 5.31. The van der Waals surface area contributed by atoms with E-state index in [0.29, 0.717) is 11.3 Å². The van der Waals surface area contributed by atoms with Crippen molar-refractivity contribution in [1.29, 1.82) is 0 Å². The lowest BCUT2D eigenvalue weighted by Gasteiger charge is -2.39. The van der Waals surface area contributed by atoms with Gasteiger partial charge in [0.2, 0.25) is 0 Å². The second kappa shape index (κ2) is 1.89. The van der Waals surface area contributed by atoms with Crippen molar-refractivity contribution in [1.82, 2.24) is 0 Å². The molecule has 4 bridgehead atoms. The zero-order chi connectivity index (χ0) is 8.51. The summed E-state index contributed by atoms with van der Waals surface area (Å²) in [6.45, 7) is 4.78. The molecule has 0 saturated heterocycles. The van der Waals surface area contributed by atoms with E-state index in [1.165, 1.54) is 12.8 Å². The highest BCUT2D eigenvalue weighted by Gasteiger charge is 2.65. The van der Waals surface area contributed by atoms with E-state index in [2.05, 4.69) is 13.8 Å². The molecular weight excluding hydrogens is 148 g/mol. The average Bonchev–Trinajstić information content (AvgIpc) is 2.47. The number of aliphatic hydroxyl groups excluding tert-OH is 1. The topological polar surface area (TPSA) is 20.2 Å². The van der Waals surface area contributed by atoms with Crippen LogP contribution < -0.4 is 0 Å². The summed E-state index contributed by atoms with van der Waals surface area (Å²) < 4.78 is 0. The van der Waals surface area contributed by atoms with Crippen LogP contribution in [0, 0.1) is 29.1 Å². The molecule has 1 heteroatoms. The van der Waals surface area contributed by atoms with E-state index in [1.807, 2.05) is 0 Å². The summed E-state index contributed by atoms with van der Waals surface area (Å²) in [5, 5.41) is 9.88. The molecule has 3 rings (SSSR count). The van der Waals surface area contributed by atoms with Crippen molar-refractivity contribution in [3.05, 3.63) is 0 Å². The molecule has 12 heavy (non-hydrogen) atoms. The maximum Gasteiger partial charge on any atom is 0.0579 e. The van der Waals surface area contributed by atoms with Crippen molar-refractivity contribution in [2.75, 3.05) is 0 Å². The SMILES string of the molecule is C[C@@H]1CC2[C@H]3C[C@H](O)[C@H]2C1(C)C3. The van der Waals surface area contributed by atoms with Crippen LogP contribution in [0.2, 0.25) is 0 Å². The van der Waals surface area contributed by atoms with Crippen LogP contribution in [0.5, 0.6) is 0 Å². The van der Waals surface area contributed by atoms with Gasteiger partial charge in [-0.15, -0.1) is 0 Å². The molecule has 3 fully saturated rings. The highest BCUT2D eigenvalue weighted by Crippen LogP contribution is 2.69. The van der Waals surface area contributed by atoms with Crippen LogP contribution in [0.4, 0.5) is 0 Å². The van der Waals surface area contributed by atoms with Crippen LogP contribution in [-0.4, -0.2) is 11.2 Å². The standard InChI is InChI=1S/C11H18O/c1-6-3-8-7-4-9(12)10(8)11(6,2)5-7/h6-10,12H,3-5H2,1-2H3/t6-,7+,8?,9+,10+,11?/m1/s1. The van der Waals surface area contributed by atoms with Crippen LogP contribution in [0.1, 0.15) is 33.1 Å². The summed E-state index contributed by atoms with van der Waals surface area (Å²) in [6, 6.07) is 0. The van der Waals surface area contributed by atoms with Crippen LogP contribution in [0.25, 0.3) is 0 Å². The van der Waals surface area contributed by atoms with Gasteiger partial charge in [-0.1, -0.05) is 13.8 Å². The number of rotatable bonds is 0. The Hall–Kier alpha value is -0.0400. The van der Waals surface area contributed by atoms with Crippen LogP contribution >= 0.6 is 0 Å². The first kappa shape index (κ1) is 7.37. The number of hydrogen-bond donors (Lipinski definition) is 1. The molecule has 0 aromatic carbocycles. The van der Waals surface area contributed by atoms with Gasteiger partial charge in [-0.05, 0) is 48.3 Å². The van der Waals surface area contributed by atoms with E-state index in [1.54, 1.807) is 0 Å². The minimum Gasteiger partial charge on any atom is -0.393 e. The summed E-state index contributed by atoms with van der Waals surface area (Å²) in [7, 11) is 0. The normalized spacial score (nSPS) is 67.8. The first-order valence-electron chi connectivity index (χ1n) is 5.31. The molecule has 0 aromatic rings. The van der Waals surface area contributed by atoms with Gasteiger partial charge in [-0.3, -0.25) is 0 Å². The molecular formula is C11H18O. The fraction of sp³-hybridized carbons (Fsp3) is 1.00. The maximum atomic E-state index is 9.88. The van der Waals surface area contributed by atoms with Crippen molar-refractivity contribution in [2.24, 2.45) is 29.1 Å². The Kier molecular flexibility index (Phi) is 1.16. The third-order valence-corrected chi connectivity index (χ3v) is 5.24. The molecule has 2 unspecified atom stereocenters. The Bertz CT molecular complexity index is 225. The fourth-order valence-corrected chi connectivity index (χ4v) is 4.62. The van der Waals surface area contributed by atoms with Gasteiger partial charge in [-0.2, -0.15) is 0 Å². The third-order valence-electron chi connectivity index (χ3n) is 5.24. The number of hydrogen-bond acceptors (Lipinski definition) is 1. The lowest BCUT2D eigenvalue weighted by atomic mass is 9.67. The summed E-state index contributed by atoms with van der Waals surface area (Å²) in [6.07, 6.45) is 3.95. The van der Waals surface area contributed by atoms with Crippen molar-refractivity contribution in [3.63, 3.8) is 0 Å². The van der Waals surface area contributed by atoms with Crippen LogP contribution in [0.15, 0.2) is 0 Å². The van der Waals surface area contributed by atoms with Crippen molar-refractivity contribution in [3.8, 4) is 0 Å². The molecule has 68 valence electrons. The molecule has 0 radical (unpaired) electrons. The van der Waals surface area contributed by atoms with Gasteiger partial charge in [0.15, 0.2) is 0 Å². The fourth-order valence-electron chi connectivity index (χ4n) is 4.62. The number of aliphatic hydroxyl groups is 1. The lowest BCUT2D eigenvalue weighted by molar-refractivity contribution is 0.0179. The Balaban J connectivity index is 2.03.